The van der Waals surface area contributed by atoms with Gasteiger partial charge in [-0.1, -0.05) is 30.3 Å². The molecule has 3 rings (SSSR count). The fraction of sp³-hybridized carbons (Fsp3) is 0.200. The van der Waals surface area contributed by atoms with Crippen molar-refractivity contribution >= 4 is 33.9 Å². The number of amides is 3. The standard InChI is InChI=1S/C20H19BrN2O4/c1-3-27-17-11-14(9-15(21)18(17)26-2)10-16-19(24)23(20(25)22-16)12-13-7-5-4-6-8-13/h4-11H,3,12H2,1-2H3,(H,22,25)/b16-10+. The molecule has 27 heavy (non-hydrogen) atoms. The van der Waals surface area contributed by atoms with Crippen molar-refractivity contribution in [1.29, 1.82) is 0 Å². The highest BCUT2D eigenvalue weighted by atomic mass is 79.9. The van der Waals surface area contributed by atoms with E-state index in [1.807, 2.05) is 37.3 Å². The molecule has 0 radical (unpaired) electrons. The van der Waals surface area contributed by atoms with Crippen LogP contribution in [-0.4, -0.2) is 30.6 Å². The van der Waals surface area contributed by atoms with Gasteiger partial charge in [-0.05, 0) is 52.2 Å². The van der Waals surface area contributed by atoms with Crippen molar-refractivity contribution < 1.29 is 19.1 Å². The second-order valence-electron chi connectivity index (χ2n) is 5.83. The van der Waals surface area contributed by atoms with Crippen molar-refractivity contribution in [3.8, 4) is 11.5 Å². The molecule has 6 nitrogen and oxygen atoms in total. The topological polar surface area (TPSA) is 67.9 Å². The number of imide groups is 1. The number of carbonyl (C=O) groups excluding carboxylic acids is 2. The summed E-state index contributed by atoms with van der Waals surface area (Å²) >= 11 is 3.44. The average Bonchev–Trinajstić information content (AvgIpc) is 2.90. The summed E-state index contributed by atoms with van der Waals surface area (Å²) in [4.78, 5) is 26.1. The molecule has 0 spiro atoms. The Morgan fingerprint density at radius 2 is 1.93 bits per heavy atom. The molecule has 3 amide bonds. The Balaban J connectivity index is 1.87. The fourth-order valence-electron chi connectivity index (χ4n) is 2.78. The third-order valence-corrected chi connectivity index (χ3v) is 4.58. The second-order valence-corrected chi connectivity index (χ2v) is 6.69. The van der Waals surface area contributed by atoms with Crippen LogP contribution >= 0.6 is 15.9 Å². The van der Waals surface area contributed by atoms with Crippen LogP contribution in [0.4, 0.5) is 4.79 Å². The maximum atomic E-state index is 12.6. The van der Waals surface area contributed by atoms with Gasteiger partial charge in [0.15, 0.2) is 11.5 Å². The summed E-state index contributed by atoms with van der Waals surface area (Å²) in [6.07, 6.45) is 1.62. The van der Waals surface area contributed by atoms with Crippen LogP contribution in [0.15, 0.2) is 52.6 Å². The summed E-state index contributed by atoms with van der Waals surface area (Å²) in [5, 5.41) is 2.63. The third-order valence-electron chi connectivity index (χ3n) is 3.99. The molecule has 0 aliphatic carbocycles. The minimum atomic E-state index is -0.437. The summed E-state index contributed by atoms with van der Waals surface area (Å²) in [7, 11) is 1.56. The van der Waals surface area contributed by atoms with E-state index < -0.39 is 6.03 Å². The molecule has 1 heterocycles. The van der Waals surface area contributed by atoms with E-state index in [4.69, 9.17) is 9.47 Å². The van der Waals surface area contributed by atoms with Crippen LogP contribution in [0.1, 0.15) is 18.1 Å². The maximum absolute atomic E-state index is 12.6. The number of urea groups is 1. The van der Waals surface area contributed by atoms with Gasteiger partial charge in [0.05, 0.1) is 24.7 Å². The first-order valence-corrected chi connectivity index (χ1v) is 9.21. The number of benzene rings is 2. The smallest absolute Gasteiger partial charge is 0.329 e. The van der Waals surface area contributed by atoms with Gasteiger partial charge in [0.25, 0.3) is 5.91 Å². The molecule has 0 aromatic heterocycles. The highest BCUT2D eigenvalue weighted by Gasteiger charge is 2.33. The Kier molecular flexibility index (Phi) is 5.81. The number of carbonyl (C=O) groups is 2. The second kappa shape index (κ2) is 8.26. The number of nitrogens with one attached hydrogen (secondary N) is 1. The highest BCUT2D eigenvalue weighted by molar-refractivity contribution is 9.10. The van der Waals surface area contributed by atoms with Gasteiger partial charge in [-0.2, -0.15) is 0 Å². The number of halogens is 1. The molecule has 0 atom stereocenters. The zero-order valence-corrected chi connectivity index (χ0v) is 16.6. The first-order chi connectivity index (χ1) is 13.0. The SMILES string of the molecule is CCOc1cc(/C=C2/NC(=O)N(Cc3ccccc3)C2=O)cc(Br)c1OC. The van der Waals surface area contributed by atoms with Crippen LogP contribution in [0.5, 0.6) is 11.5 Å². The number of hydrogen-bond donors (Lipinski definition) is 1. The Labute approximate surface area is 165 Å². The number of nitrogens with zero attached hydrogens (tertiary/aromatic N) is 1. The molecule has 140 valence electrons. The lowest BCUT2D eigenvalue weighted by Gasteiger charge is -2.12. The van der Waals surface area contributed by atoms with Crippen molar-refractivity contribution in [1.82, 2.24) is 10.2 Å². The lowest BCUT2D eigenvalue weighted by atomic mass is 10.1. The van der Waals surface area contributed by atoms with Crippen LogP contribution in [0.3, 0.4) is 0 Å². The molecule has 0 bridgehead atoms. The summed E-state index contributed by atoms with van der Waals surface area (Å²) in [5.74, 6) is 0.763. The van der Waals surface area contributed by atoms with E-state index in [0.29, 0.717) is 28.1 Å². The molecule has 1 saturated heterocycles. The van der Waals surface area contributed by atoms with Crippen molar-refractivity contribution in [3.63, 3.8) is 0 Å². The summed E-state index contributed by atoms with van der Waals surface area (Å²) in [6.45, 7) is 2.57. The zero-order chi connectivity index (χ0) is 19.4. The van der Waals surface area contributed by atoms with Gasteiger partial charge in [-0.15, -0.1) is 0 Å². The fourth-order valence-corrected chi connectivity index (χ4v) is 3.40. The average molecular weight is 431 g/mol. The number of hydrogen-bond acceptors (Lipinski definition) is 4. The summed E-state index contributed by atoms with van der Waals surface area (Å²) in [5.41, 5.74) is 1.81. The quantitative estimate of drug-likeness (QED) is 0.556. The monoisotopic (exact) mass is 430 g/mol. The lowest BCUT2D eigenvalue weighted by molar-refractivity contribution is -0.123. The van der Waals surface area contributed by atoms with E-state index in [1.165, 1.54) is 4.90 Å². The number of methoxy groups -OCH3 is 1. The molecule has 7 heteroatoms. The molecule has 1 fully saturated rings. The number of ether oxygens (including phenoxy) is 2. The Bertz CT molecular complexity index is 896. The first kappa shape index (κ1) is 19.0. The minimum absolute atomic E-state index is 0.218. The molecule has 2 aromatic rings. The molecule has 2 aromatic carbocycles. The van der Waals surface area contributed by atoms with Crippen molar-refractivity contribution in [2.75, 3.05) is 13.7 Å². The van der Waals surface area contributed by atoms with Gasteiger partial charge in [-0.25, -0.2) is 4.79 Å². The Hall–Kier alpha value is -2.80. The molecular weight excluding hydrogens is 412 g/mol. The van der Waals surface area contributed by atoms with Crippen LogP contribution in [-0.2, 0) is 11.3 Å². The van der Waals surface area contributed by atoms with Gasteiger partial charge in [0.1, 0.15) is 5.70 Å². The van der Waals surface area contributed by atoms with E-state index >= 15 is 0 Å². The molecule has 1 aliphatic heterocycles. The van der Waals surface area contributed by atoms with Crippen LogP contribution in [0.25, 0.3) is 6.08 Å². The van der Waals surface area contributed by atoms with E-state index in [-0.39, 0.29) is 18.1 Å². The first-order valence-electron chi connectivity index (χ1n) is 8.42. The van der Waals surface area contributed by atoms with Crippen molar-refractivity contribution in [2.45, 2.75) is 13.5 Å². The predicted octanol–water partition coefficient (Wildman–Crippen LogP) is 3.95. The largest absolute Gasteiger partial charge is 0.492 e. The summed E-state index contributed by atoms with van der Waals surface area (Å²) < 4.78 is 11.6. The molecule has 1 N–H and O–H groups in total. The molecule has 0 unspecified atom stereocenters. The van der Waals surface area contributed by atoms with Gasteiger partial charge < -0.3 is 14.8 Å². The Morgan fingerprint density at radius 1 is 1.19 bits per heavy atom. The van der Waals surface area contributed by atoms with E-state index in [1.54, 1.807) is 25.3 Å². The maximum Gasteiger partial charge on any atom is 0.329 e. The normalized spacial score (nSPS) is 15.2. The van der Waals surface area contributed by atoms with Gasteiger partial charge in [0.2, 0.25) is 0 Å². The Morgan fingerprint density at radius 3 is 2.59 bits per heavy atom. The van der Waals surface area contributed by atoms with Gasteiger partial charge in [-0.3, -0.25) is 9.69 Å². The molecule has 1 aliphatic rings. The van der Waals surface area contributed by atoms with Gasteiger partial charge in [0, 0.05) is 0 Å². The number of rotatable bonds is 6. The summed E-state index contributed by atoms with van der Waals surface area (Å²) in [6, 6.07) is 12.5. The van der Waals surface area contributed by atoms with Gasteiger partial charge >= 0.3 is 6.03 Å². The predicted molar refractivity (Wildman–Crippen MR) is 105 cm³/mol. The van der Waals surface area contributed by atoms with Crippen LogP contribution in [0, 0.1) is 0 Å². The van der Waals surface area contributed by atoms with E-state index in [2.05, 4.69) is 21.2 Å². The van der Waals surface area contributed by atoms with E-state index in [9.17, 15) is 9.59 Å². The van der Waals surface area contributed by atoms with Crippen molar-refractivity contribution in [2.24, 2.45) is 0 Å². The molecule has 0 saturated carbocycles. The van der Waals surface area contributed by atoms with Crippen LogP contribution in [0.2, 0.25) is 0 Å². The van der Waals surface area contributed by atoms with Crippen molar-refractivity contribution in [3.05, 3.63) is 63.8 Å². The minimum Gasteiger partial charge on any atom is -0.492 e. The van der Waals surface area contributed by atoms with Crippen LogP contribution < -0.4 is 14.8 Å². The highest BCUT2D eigenvalue weighted by Crippen LogP contribution is 2.37. The zero-order valence-electron chi connectivity index (χ0n) is 15.0. The molecular formula is C20H19BrN2O4. The van der Waals surface area contributed by atoms with E-state index in [0.717, 1.165) is 5.56 Å². The lowest BCUT2D eigenvalue weighted by Crippen LogP contribution is -2.30. The third kappa shape index (κ3) is 4.14.